The van der Waals surface area contributed by atoms with Crippen molar-refractivity contribution < 1.29 is 25.8 Å². The molecule has 0 spiro atoms. The zero-order valence-corrected chi connectivity index (χ0v) is 10.7. The van der Waals surface area contributed by atoms with Crippen molar-refractivity contribution in [2.45, 2.75) is 18.9 Å². The van der Waals surface area contributed by atoms with Crippen LogP contribution in [0.3, 0.4) is 0 Å². The van der Waals surface area contributed by atoms with Crippen LogP contribution in [0.15, 0.2) is 4.99 Å². The monoisotopic (exact) mass is 263 g/mol. The van der Waals surface area contributed by atoms with Gasteiger partial charge in [0.1, 0.15) is 0 Å². The Hall–Kier alpha value is -0.694. The third kappa shape index (κ3) is 25.5. The molecule has 0 saturated carbocycles. The van der Waals surface area contributed by atoms with E-state index in [1.165, 1.54) is 0 Å². The minimum Gasteiger partial charge on any atom is -0.727 e. The molecule has 0 aromatic rings. The maximum atomic E-state index is 10.4. The fourth-order valence-corrected chi connectivity index (χ4v) is 0.662. The van der Waals surface area contributed by atoms with Gasteiger partial charge in [-0.05, 0) is 12.8 Å². The number of nitrogens with zero attached hydrogens (tertiary/aromatic N) is 1. The largest absolute Gasteiger partial charge is 2.00 e. The van der Waals surface area contributed by atoms with E-state index in [1.54, 1.807) is 0 Å². The summed E-state index contributed by atoms with van der Waals surface area (Å²) >= 11 is 0. The summed E-state index contributed by atoms with van der Waals surface area (Å²) in [7, 11) is 0. The van der Waals surface area contributed by atoms with E-state index in [0.29, 0.717) is 19.4 Å². The van der Waals surface area contributed by atoms with Crippen molar-refractivity contribution in [3.05, 3.63) is 0 Å². The van der Waals surface area contributed by atoms with Crippen LogP contribution in [0, 0.1) is 0 Å². The third-order valence-electron chi connectivity index (χ3n) is 1.33. The molecule has 0 aromatic carbocycles. The molecule has 0 aliphatic heterocycles. The van der Waals surface area contributed by atoms with Crippen molar-refractivity contribution >= 4 is 34.9 Å². The smallest absolute Gasteiger partial charge is 0.727 e. The predicted molar refractivity (Wildman–Crippen MR) is 58.1 cm³/mol. The number of amides is 1. The molecule has 11 heteroatoms. The minimum atomic E-state index is -0.598. The molecule has 98 valence electrons. The van der Waals surface area contributed by atoms with Gasteiger partial charge in [-0.1, -0.05) is 0 Å². The standard InChI is InChI=1S/C6H15N5O.Mg.2H2O2/c7-4(5(8)12)2-1-3-11-6(9)10;;2*1-2/h4H,1-3,7H2,(H2,8,12)(H4,9,10,11);;2*1-2H/q;+2;;/p-2. The average molecular weight is 264 g/mol. The molecule has 0 aromatic heterocycles. The molecule has 1 atom stereocenters. The van der Waals surface area contributed by atoms with Crippen LogP contribution in [0.4, 0.5) is 0 Å². The second-order valence-electron chi connectivity index (χ2n) is 2.46. The second-order valence-corrected chi connectivity index (χ2v) is 2.46. The molecule has 0 heterocycles. The van der Waals surface area contributed by atoms with Gasteiger partial charge in [-0.25, -0.2) is 0 Å². The number of guanidine groups is 1. The predicted octanol–water partition coefficient (Wildman–Crippen LogP) is -4.89. The first kappa shape index (κ1) is 25.2. The number of primary amides is 1. The summed E-state index contributed by atoms with van der Waals surface area (Å²) in [4.78, 5) is 14.2. The maximum Gasteiger partial charge on any atom is 2.00 e. The van der Waals surface area contributed by atoms with Gasteiger partial charge in [0.15, 0.2) is 5.96 Å². The maximum absolute atomic E-state index is 10.4. The van der Waals surface area contributed by atoms with Crippen LogP contribution in [0.5, 0.6) is 0 Å². The summed E-state index contributed by atoms with van der Waals surface area (Å²) in [5.74, 6) is -0.456. The van der Waals surface area contributed by atoms with Crippen LogP contribution in [-0.2, 0) is 4.79 Å². The zero-order chi connectivity index (χ0) is 13.6. The molecule has 1 unspecified atom stereocenters. The van der Waals surface area contributed by atoms with E-state index in [1.807, 2.05) is 0 Å². The van der Waals surface area contributed by atoms with Crippen LogP contribution < -0.4 is 33.4 Å². The fraction of sp³-hybridized carbons (Fsp3) is 0.667. The first-order chi connectivity index (χ1) is 7.54. The van der Waals surface area contributed by atoms with Crippen LogP contribution in [-0.4, -0.2) is 58.0 Å². The van der Waals surface area contributed by atoms with Crippen LogP contribution in [0.1, 0.15) is 12.8 Å². The number of carbonyl (C=O) groups excluding carboxylic acids is 1. The molecular formula is C6H17MgN5O5. The summed E-state index contributed by atoms with van der Waals surface area (Å²) in [6.07, 6.45) is 1.16. The van der Waals surface area contributed by atoms with E-state index in [-0.39, 0.29) is 29.0 Å². The third-order valence-corrected chi connectivity index (χ3v) is 1.33. The van der Waals surface area contributed by atoms with E-state index in [2.05, 4.69) is 4.99 Å². The Kier molecular flexibility index (Phi) is 30.7. The van der Waals surface area contributed by atoms with Crippen LogP contribution in [0.2, 0.25) is 0 Å². The van der Waals surface area contributed by atoms with Gasteiger partial charge in [0.05, 0.1) is 6.04 Å². The Morgan fingerprint density at radius 2 is 1.59 bits per heavy atom. The average Bonchev–Trinajstić information content (AvgIpc) is 2.29. The van der Waals surface area contributed by atoms with Crippen molar-refractivity contribution in [1.82, 2.24) is 0 Å². The molecule has 0 fully saturated rings. The minimum absolute atomic E-state index is 0. The van der Waals surface area contributed by atoms with Gasteiger partial charge in [0, 0.05) is 6.54 Å². The molecule has 17 heavy (non-hydrogen) atoms. The fourth-order valence-electron chi connectivity index (χ4n) is 0.662. The van der Waals surface area contributed by atoms with Gasteiger partial charge in [0.2, 0.25) is 5.91 Å². The van der Waals surface area contributed by atoms with Crippen molar-refractivity contribution in [1.29, 1.82) is 0 Å². The van der Waals surface area contributed by atoms with Gasteiger partial charge < -0.3 is 44.0 Å². The normalized spacial score (nSPS) is 9.24. The Labute approximate surface area is 114 Å². The molecule has 0 saturated heterocycles. The Balaban J connectivity index is -0.000000152. The number of carbonyl (C=O) groups is 1. The number of nitrogens with two attached hydrogens (primary N) is 4. The SMILES string of the molecule is NC(=O)C(N)CCCN=C(N)N.[Mg+2].[O-]O.[O-]O. The summed E-state index contributed by atoms with van der Waals surface area (Å²) in [6, 6.07) is -0.598. The van der Waals surface area contributed by atoms with Crippen molar-refractivity contribution in [2.24, 2.45) is 27.9 Å². The van der Waals surface area contributed by atoms with Crippen molar-refractivity contribution in [3.8, 4) is 0 Å². The molecule has 0 rings (SSSR count). The summed E-state index contributed by atoms with van der Waals surface area (Å²) in [5, 5.41) is 26.0. The molecule has 0 aliphatic rings. The molecule has 10 N–H and O–H groups in total. The van der Waals surface area contributed by atoms with Crippen LogP contribution >= 0.6 is 0 Å². The molecule has 0 bridgehead atoms. The van der Waals surface area contributed by atoms with E-state index >= 15 is 0 Å². The van der Waals surface area contributed by atoms with E-state index in [0.717, 1.165) is 0 Å². The quantitative estimate of drug-likeness (QED) is 0.0702. The van der Waals surface area contributed by atoms with Crippen LogP contribution in [0.25, 0.3) is 0 Å². The first-order valence-electron chi connectivity index (χ1n) is 4.01. The zero-order valence-electron chi connectivity index (χ0n) is 9.28. The molecule has 1 amide bonds. The van der Waals surface area contributed by atoms with Gasteiger partial charge in [-0.3, -0.25) is 9.79 Å². The van der Waals surface area contributed by atoms with E-state index in [4.69, 9.17) is 44.0 Å². The molecular weight excluding hydrogens is 246 g/mol. The van der Waals surface area contributed by atoms with Crippen molar-refractivity contribution in [3.63, 3.8) is 0 Å². The summed E-state index contributed by atoms with van der Waals surface area (Å²) in [6.45, 7) is 0.476. The topological polar surface area (TPSA) is 220 Å². The van der Waals surface area contributed by atoms with Gasteiger partial charge in [-0.15, -0.1) is 0 Å². The molecule has 10 nitrogen and oxygen atoms in total. The second kappa shape index (κ2) is 20.7. The Bertz CT molecular complexity index is 190. The van der Waals surface area contributed by atoms with E-state index < -0.39 is 11.9 Å². The van der Waals surface area contributed by atoms with Gasteiger partial charge >= 0.3 is 23.1 Å². The number of hydrogen-bond acceptors (Lipinski definition) is 7. The Morgan fingerprint density at radius 1 is 1.18 bits per heavy atom. The summed E-state index contributed by atoms with van der Waals surface area (Å²) < 4.78 is 0. The van der Waals surface area contributed by atoms with E-state index in [9.17, 15) is 4.79 Å². The molecule has 0 radical (unpaired) electrons. The number of rotatable bonds is 5. The van der Waals surface area contributed by atoms with Crippen molar-refractivity contribution in [2.75, 3.05) is 6.54 Å². The number of hydrogen-bond donors (Lipinski definition) is 6. The Morgan fingerprint density at radius 3 is 1.88 bits per heavy atom. The number of aliphatic imine (C=N–C) groups is 1. The van der Waals surface area contributed by atoms with Gasteiger partial charge in [-0.2, -0.15) is 0 Å². The summed E-state index contributed by atoms with van der Waals surface area (Å²) in [5.41, 5.74) is 20.4. The first-order valence-corrected chi connectivity index (χ1v) is 4.01. The van der Waals surface area contributed by atoms with Gasteiger partial charge in [0.25, 0.3) is 0 Å². The molecule has 0 aliphatic carbocycles.